The van der Waals surface area contributed by atoms with E-state index >= 15 is 0 Å². The molecule has 5 heteroatoms. The van der Waals surface area contributed by atoms with Gasteiger partial charge in [0.2, 0.25) is 0 Å². The average molecular weight is 276 g/mol. The van der Waals surface area contributed by atoms with Crippen molar-refractivity contribution in [2.45, 2.75) is 25.8 Å². The molecule has 1 aromatic heterocycles. The molecule has 20 heavy (non-hydrogen) atoms. The lowest BCUT2D eigenvalue weighted by Crippen LogP contribution is -2.34. The van der Waals surface area contributed by atoms with Crippen molar-refractivity contribution in [2.24, 2.45) is 0 Å². The van der Waals surface area contributed by atoms with Gasteiger partial charge in [-0.05, 0) is 25.5 Å². The van der Waals surface area contributed by atoms with Crippen LogP contribution in [0.25, 0.3) is 0 Å². The fraction of sp³-hybridized carbons (Fsp3) is 0.467. The molecule has 1 aromatic rings. The summed E-state index contributed by atoms with van der Waals surface area (Å²) in [4.78, 5) is 16.2. The van der Waals surface area contributed by atoms with Crippen molar-refractivity contribution >= 4 is 5.91 Å². The maximum absolute atomic E-state index is 12.1. The number of pyridine rings is 1. The predicted octanol–water partition coefficient (Wildman–Crippen LogP) is 0.970. The van der Waals surface area contributed by atoms with Crippen molar-refractivity contribution < 1.29 is 14.6 Å². The molecule has 0 saturated heterocycles. The molecule has 1 amide bonds. The third-order valence-corrected chi connectivity index (χ3v) is 2.62. The Bertz CT molecular complexity index is 491. The van der Waals surface area contributed by atoms with Crippen molar-refractivity contribution in [3.8, 4) is 11.8 Å². The molecule has 0 aliphatic carbocycles. The zero-order valence-electron chi connectivity index (χ0n) is 11.8. The maximum Gasteiger partial charge on any atom is 0.271 e. The SMILES string of the molecule is COCCC(C)NC(=O)c1ncccc1C#CCCO. The van der Waals surface area contributed by atoms with Crippen molar-refractivity contribution in [1.82, 2.24) is 10.3 Å². The molecule has 1 atom stereocenters. The molecule has 0 fully saturated rings. The third kappa shape index (κ3) is 5.39. The summed E-state index contributed by atoms with van der Waals surface area (Å²) in [5.74, 6) is 5.40. The molecular formula is C15H20N2O3. The molecule has 0 aliphatic rings. The highest BCUT2D eigenvalue weighted by atomic mass is 16.5. The molecule has 0 aliphatic heterocycles. The molecule has 5 nitrogen and oxygen atoms in total. The molecule has 1 unspecified atom stereocenters. The first kappa shape index (κ1) is 16.2. The second kappa shape index (κ2) is 9.08. The number of carbonyl (C=O) groups is 1. The Labute approximate surface area is 119 Å². The monoisotopic (exact) mass is 276 g/mol. The molecule has 1 heterocycles. The van der Waals surface area contributed by atoms with Gasteiger partial charge in [-0.2, -0.15) is 0 Å². The van der Waals surface area contributed by atoms with Crippen LogP contribution < -0.4 is 5.32 Å². The number of aliphatic hydroxyl groups excluding tert-OH is 1. The van der Waals surface area contributed by atoms with Crippen LogP contribution in [0.2, 0.25) is 0 Å². The Morgan fingerprint density at radius 2 is 2.40 bits per heavy atom. The molecule has 108 valence electrons. The van der Waals surface area contributed by atoms with Crippen LogP contribution in [0.1, 0.15) is 35.8 Å². The zero-order valence-corrected chi connectivity index (χ0v) is 11.8. The quantitative estimate of drug-likeness (QED) is 0.760. The molecule has 2 N–H and O–H groups in total. The van der Waals surface area contributed by atoms with Crippen LogP contribution in [0, 0.1) is 11.8 Å². The van der Waals surface area contributed by atoms with E-state index in [0.29, 0.717) is 24.3 Å². The van der Waals surface area contributed by atoms with Gasteiger partial charge in [-0.1, -0.05) is 11.8 Å². The van der Waals surface area contributed by atoms with Gasteiger partial charge in [0.15, 0.2) is 0 Å². The fourth-order valence-corrected chi connectivity index (χ4v) is 1.56. The summed E-state index contributed by atoms with van der Waals surface area (Å²) in [6, 6.07) is 3.47. The summed E-state index contributed by atoms with van der Waals surface area (Å²) in [7, 11) is 1.63. The van der Waals surface area contributed by atoms with E-state index < -0.39 is 0 Å². The number of aliphatic hydroxyl groups is 1. The zero-order chi connectivity index (χ0) is 14.8. The van der Waals surface area contributed by atoms with E-state index in [1.54, 1.807) is 25.4 Å². The summed E-state index contributed by atoms with van der Waals surface area (Å²) in [5, 5.41) is 11.6. The highest BCUT2D eigenvalue weighted by molar-refractivity contribution is 5.94. The van der Waals surface area contributed by atoms with E-state index in [2.05, 4.69) is 22.1 Å². The second-order valence-electron chi connectivity index (χ2n) is 4.33. The van der Waals surface area contributed by atoms with E-state index in [4.69, 9.17) is 9.84 Å². The highest BCUT2D eigenvalue weighted by Crippen LogP contribution is 2.05. The number of hydrogen-bond acceptors (Lipinski definition) is 4. The van der Waals surface area contributed by atoms with Crippen molar-refractivity contribution in [3.05, 3.63) is 29.6 Å². The van der Waals surface area contributed by atoms with Crippen molar-refractivity contribution in [1.29, 1.82) is 0 Å². The van der Waals surface area contributed by atoms with Gasteiger partial charge < -0.3 is 15.2 Å². The van der Waals surface area contributed by atoms with Crippen LogP contribution >= 0.6 is 0 Å². The second-order valence-corrected chi connectivity index (χ2v) is 4.33. The first-order valence-electron chi connectivity index (χ1n) is 6.53. The highest BCUT2D eigenvalue weighted by Gasteiger charge is 2.13. The Balaban J connectivity index is 2.75. The van der Waals surface area contributed by atoms with Gasteiger partial charge in [-0.25, -0.2) is 4.98 Å². The Morgan fingerprint density at radius 3 is 3.10 bits per heavy atom. The number of carbonyl (C=O) groups excluding carboxylic acids is 1. The van der Waals surface area contributed by atoms with Gasteiger partial charge >= 0.3 is 0 Å². The summed E-state index contributed by atoms with van der Waals surface area (Å²) in [5.41, 5.74) is 0.875. The van der Waals surface area contributed by atoms with Crippen LogP contribution in [0.15, 0.2) is 18.3 Å². The largest absolute Gasteiger partial charge is 0.395 e. The summed E-state index contributed by atoms with van der Waals surface area (Å²) in [6.45, 7) is 2.51. The molecule has 0 radical (unpaired) electrons. The van der Waals surface area contributed by atoms with Gasteiger partial charge in [-0.3, -0.25) is 4.79 Å². The molecule has 1 rings (SSSR count). The summed E-state index contributed by atoms with van der Waals surface area (Å²) >= 11 is 0. The number of ether oxygens (including phenoxy) is 1. The molecule has 0 saturated carbocycles. The van der Waals surface area contributed by atoms with Crippen LogP contribution in [-0.4, -0.2) is 42.4 Å². The topological polar surface area (TPSA) is 71.5 Å². The van der Waals surface area contributed by atoms with Gasteiger partial charge in [0.1, 0.15) is 5.69 Å². The van der Waals surface area contributed by atoms with Crippen LogP contribution in [0.4, 0.5) is 0 Å². The van der Waals surface area contributed by atoms with E-state index in [1.807, 2.05) is 6.92 Å². The summed E-state index contributed by atoms with van der Waals surface area (Å²) in [6.07, 6.45) is 2.67. The van der Waals surface area contributed by atoms with Gasteiger partial charge in [0.25, 0.3) is 5.91 Å². The number of nitrogens with zero attached hydrogens (tertiary/aromatic N) is 1. The number of methoxy groups -OCH3 is 1. The normalized spacial score (nSPS) is 11.3. The minimum Gasteiger partial charge on any atom is -0.395 e. The van der Waals surface area contributed by atoms with Crippen LogP contribution in [0.3, 0.4) is 0 Å². The smallest absolute Gasteiger partial charge is 0.271 e. The molecule has 0 bridgehead atoms. The molecular weight excluding hydrogens is 256 g/mol. The first-order chi connectivity index (χ1) is 9.69. The number of rotatable bonds is 6. The van der Waals surface area contributed by atoms with E-state index in [0.717, 1.165) is 6.42 Å². The van der Waals surface area contributed by atoms with Crippen LogP contribution in [0.5, 0.6) is 0 Å². The average Bonchev–Trinajstić information content (AvgIpc) is 2.46. The van der Waals surface area contributed by atoms with Crippen molar-refractivity contribution in [3.63, 3.8) is 0 Å². The van der Waals surface area contributed by atoms with E-state index in [-0.39, 0.29) is 18.6 Å². The Morgan fingerprint density at radius 1 is 1.60 bits per heavy atom. The van der Waals surface area contributed by atoms with Gasteiger partial charge in [0, 0.05) is 32.4 Å². The number of hydrogen-bond donors (Lipinski definition) is 2. The number of nitrogens with one attached hydrogen (secondary N) is 1. The van der Waals surface area contributed by atoms with Crippen LogP contribution in [-0.2, 0) is 4.74 Å². The maximum atomic E-state index is 12.1. The standard InChI is InChI=1S/C15H20N2O3/c1-12(8-11-20-2)17-15(19)14-13(6-3-4-10-18)7-5-9-16-14/h5,7,9,12,18H,4,8,10-11H2,1-2H3,(H,17,19). The number of aromatic nitrogens is 1. The van der Waals surface area contributed by atoms with Crippen molar-refractivity contribution in [2.75, 3.05) is 20.3 Å². The minimum atomic E-state index is -0.248. The minimum absolute atomic E-state index is 0.00251. The number of amides is 1. The first-order valence-corrected chi connectivity index (χ1v) is 6.53. The fourth-order valence-electron chi connectivity index (χ4n) is 1.56. The summed E-state index contributed by atoms with van der Waals surface area (Å²) < 4.78 is 4.98. The van der Waals surface area contributed by atoms with Gasteiger partial charge in [-0.15, -0.1) is 0 Å². The Kier molecular flexibility index (Phi) is 7.33. The lowest BCUT2D eigenvalue weighted by atomic mass is 10.1. The third-order valence-electron chi connectivity index (χ3n) is 2.62. The molecule has 0 spiro atoms. The lowest BCUT2D eigenvalue weighted by Gasteiger charge is -2.13. The predicted molar refractivity (Wildman–Crippen MR) is 76.2 cm³/mol. The lowest BCUT2D eigenvalue weighted by molar-refractivity contribution is 0.0924. The van der Waals surface area contributed by atoms with E-state index in [1.165, 1.54) is 0 Å². The molecule has 0 aromatic carbocycles. The van der Waals surface area contributed by atoms with E-state index in [9.17, 15) is 4.79 Å². The van der Waals surface area contributed by atoms with Gasteiger partial charge in [0.05, 0.1) is 12.2 Å². The Hall–Kier alpha value is -1.90.